The maximum Gasteiger partial charge on any atom is 0.306 e. The van der Waals surface area contributed by atoms with E-state index < -0.39 is 0 Å². The summed E-state index contributed by atoms with van der Waals surface area (Å²) in [5.41, 5.74) is 0. The molecular weight excluding hydrogens is 280 g/mol. The molecule has 0 aromatic rings. The Hall–Kier alpha value is -1.06. The summed E-state index contributed by atoms with van der Waals surface area (Å²) in [6.07, 6.45) is 9.31. The van der Waals surface area contributed by atoms with Gasteiger partial charge in [-0.3, -0.25) is 9.59 Å². The zero-order valence-electron chi connectivity index (χ0n) is 14.7. The van der Waals surface area contributed by atoms with Crippen LogP contribution >= 0.6 is 0 Å². The molecule has 0 aliphatic heterocycles. The number of hydrogen-bond donors (Lipinski definition) is 0. The molecule has 0 aliphatic rings. The summed E-state index contributed by atoms with van der Waals surface area (Å²) in [5, 5.41) is 0. The number of hydrogen-bond acceptors (Lipinski definition) is 4. The second kappa shape index (κ2) is 14.9. The Morgan fingerprint density at radius 2 is 1.36 bits per heavy atom. The van der Waals surface area contributed by atoms with Crippen molar-refractivity contribution in [1.29, 1.82) is 0 Å². The first-order chi connectivity index (χ1) is 10.6. The minimum absolute atomic E-state index is 0.0611. The molecule has 22 heavy (non-hydrogen) atoms. The molecule has 0 N–H and O–H groups in total. The van der Waals surface area contributed by atoms with Gasteiger partial charge in [0.05, 0.1) is 6.61 Å². The molecule has 0 aromatic carbocycles. The monoisotopic (exact) mass is 314 g/mol. The maximum atomic E-state index is 11.8. The number of unbranched alkanes of at least 4 members (excludes halogenated alkanes) is 3. The van der Waals surface area contributed by atoms with Gasteiger partial charge in [-0.1, -0.05) is 46.5 Å². The van der Waals surface area contributed by atoms with Crippen molar-refractivity contribution in [3.63, 3.8) is 0 Å². The Labute approximate surface area is 135 Å². The zero-order valence-corrected chi connectivity index (χ0v) is 14.7. The molecule has 0 rings (SSSR count). The predicted molar refractivity (Wildman–Crippen MR) is 88.6 cm³/mol. The summed E-state index contributed by atoms with van der Waals surface area (Å²) in [5.74, 6) is -0.289. The summed E-state index contributed by atoms with van der Waals surface area (Å²) in [6, 6.07) is 0. The van der Waals surface area contributed by atoms with Crippen molar-refractivity contribution in [3.05, 3.63) is 0 Å². The summed E-state index contributed by atoms with van der Waals surface area (Å²) in [6.45, 7) is 6.84. The summed E-state index contributed by atoms with van der Waals surface area (Å²) in [7, 11) is 0. The molecule has 0 atom stereocenters. The van der Waals surface area contributed by atoms with Crippen LogP contribution in [0.15, 0.2) is 0 Å². The van der Waals surface area contributed by atoms with Crippen LogP contribution in [0.5, 0.6) is 0 Å². The van der Waals surface area contributed by atoms with Crippen molar-refractivity contribution in [2.45, 2.75) is 97.5 Å². The van der Waals surface area contributed by atoms with Crippen LogP contribution in [-0.2, 0) is 19.1 Å². The highest BCUT2D eigenvalue weighted by Crippen LogP contribution is 2.12. The van der Waals surface area contributed by atoms with Gasteiger partial charge < -0.3 is 9.47 Å². The molecule has 0 amide bonds. The van der Waals surface area contributed by atoms with Crippen molar-refractivity contribution < 1.29 is 19.1 Å². The summed E-state index contributed by atoms with van der Waals surface area (Å²) in [4.78, 5) is 23.2. The summed E-state index contributed by atoms with van der Waals surface area (Å²) < 4.78 is 10.6. The van der Waals surface area contributed by atoms with Gasteiger partial charge >= 0.3 is 11.9 Å². The third-order valence-electron chi connectivity index (χ3n) is 3.54. The van der Waals surface area contributed by atoms with Gasteiger partial charge in [0.2, 0.25) is 0 Å². The van der Waals surface area contributed by atoms with Gasteiger partial charge in [0, 0.05) is 12.8 Å². The highest BCUT2D eigenvalue weighted by Gasteiger charge is 2.12. The third kappa shape index (κ3) is 12.7. The van der Waals surface area contributed by atoms with Crippen LogP contribution < -0.4 is 0 Å². The molecule has 0 heterocycles. The van der Waals surface area contributed by atoms with Crippen LogP contribution in [-0.4, -0.2) is 24.6 Å². The highest BCUT2D eigenvalue weighted by atomic mass is 16.5. The van der Waals surface area contributed by atoms with Gasteiger partial charge in [0.1, 0.15) is 6.10 Å². The minimum atomic E-state index is -0.153. The Balaban J connectivity index is 3.63. The predicted octanol–water partition coefficient (Wildman–Crippen LogP) is 4.79. The van der Waals surface area contributed by atoms with Crippen molar-refractivity contribution >= 4 is 11.9 Å². The van der Waals surface area contributed by atoms with Crippen molar-refractivity contribution in [1.82, 2.24) is 0 Å². The zero-order chi connectivity index (χ0) is 16.6. The van der Waals surface area contributed by atoms with Gasteiger partial charge in [0.15, 0.2) is 0 Å². The quantitative estimate of drug-likeness (QED) is 0.341. The van der Waals surface area contributed by atoms with E-state index in [0.29, 0.717) is 32.3 Å². The van der Waals surface area contributed by atoms with Crippen molar-refractivity contribution in [2.24, 2.45) is 0 Å². The Morgan fingerprint density at radius 3 is 1.91 bits per heavy atom. The fourth-order valence-electron chi connectivity index (χ4n) is 2.30. The van der Waals surface area contributed by atoms with Gasteiger partial charge in [-0.05, 0) is 32.1 Å². The third-order valence-corrected chi connectivity index (χ3v) is 3.54. The average molecular weight is 314 g/mol. The SMILES string of the molecule is CCCCCOC(=O)CCCCC(=O)OC(CCC)CCC. The molecule has 0 aromatic heterocycles. The van der Waals surface area contributed by atoms with E-state index in [4.69, 9.17) is 9.47 Å². The fourth-order valence-corrected chi connectivity index (χ4v) is 2.30. The Kier molecular flexibility index (Phi) is 14.1. The number of carbonyl (C=O) groups is 2. The molecule has 0 aliphatic carbocycles. The first-order valence-electron chi connectivity index (χ1n) is 8.99. The van der Waals surface area contributed by atoms with E-state index in [1.807, 2.05) is 0 Å². The van der Waals surface area contributed by atoms with Gasteiger partial charge in [-0.25, -0.2) is 0 Å². The molecule has 0 radical (unpaired) electrons. The smallest absolute Gasteiger partial charge is 0.306 e. The normalized spacial score (nSPS) is 10.7. The average Bonchev–Trinajstić information content (AvgIpc) is 2.49. The van der Waals surface area contributed by atoms with Gasteiger partial charge in [-0.2, -0.15) is 0 Å². The van der Waals surface area contributed by atoms with E-state index in [1.165, 1.54) is 0 Å². The van der Waals surface area contributed by atoms with E-state index >= 15 is 0 Å². The van der Waals surface area contributed by atoms with Crippen LogP contribution in [0.25, 0.3) is 0 Å². The largest absolute Gasteiger partial charge is 0.466 e. The molecule has 0 saturated carbocycles. The molecule has 4 nitrogen and oxygen atoms in total. The van der Waals surface area contributed by atoms with E-state index in [-0.39, 0.29) is 18.0 Å². The lowest BCUT2D eigenvalue weighted by Crippen LogP contribution is -2.17. The molecule has 0 unspecified atom stereocenters. The second-order valence-electron chi connectivity index (χ2n) is 5.82. The van der Waals surface area contributed by atoms with Crippen molar-refractivity contribution in [3.8, 4) is 0 Å². The molecule has 4 heteroatoms. The highest BCUT2D eigenvalue weighted by molar-refractivity contribution is 5.70. The first kappa shape index (κ1) is 20.9. The topological polar surface area (TPSA) is 52.6 Å². The Bertz CT molecular complexity index is 283. The standard InChI is InChI=1S/C18H34O4/c1-4-7-10-15-21-17(19)13-8-9-14-18(20)22-16(11-5-2)12-6-3/h16H,4-15H2,1-3H3. The second-order valence-corrected chi connectivity index (χ2v) is 5.82. The number of ether oxygens (including phenoxy) is 2. The molecular formula is C18H34O4. The molecule has 0 bridgehead atoms. The van der Waals surface area contributed by atoms with Gasteiger partial charge in [-0.15, -0.1) is 0 Å². The van der Waals surface area contributed by atoms with E-state index in [2.05, 4.69) is 20.8 Å². The molecule has 0 fully saturated rings. The van der Waals surface area contributed by atoms with Crippen LogP contribution in [0.1, 0.15) is 91.4 Å². The molecule has 0 spiro atoms. The number of esters is 2. The fraction of sp³-hybridized carbons (Fsp3) is 0.889. The number of rotatable bonds is 14. The summed E-state index contributed by atoms with van der Waals surface area (Å²) >= 11 is 0. The van der Waals surface area contributed by atoms with E-state index in [0.717, 1.165) is 44.9 Å². The maximum absolute atomic E-state index is 11.8. The van der Waals surface area contributed by atoms with Gasteiger partial charge in [0.25, 0.3) is 0 Å². The molecule has 130 valence electrons. The number of carbonyl (C=O) groups excluding carboxylic acids is 2. The lowest BCUT2D eigenvalue weighted by molar-refractivity contribution is -0.150. The lowest BCUT2D eigenvalue weighted by atomic mass is 10.1. The minimum Gasteiger partial charge on any atom is -0.466 e. The lowest BCUT2D eigenvalue weighted by Gasteiger charge is -2.16. The van der Waals surface area contributed by atoms with Crippen molar-refractivity contribution in [2.75, 3.05) is 6.61 Å². The van der Waals surface area contributed by atoms with Crippen LogP contribution in [0.2, 0.25) is 0 Å². The van der Waals surface area contributed by atoms with E-state index in [9.17, 15) is 9.59 Å². The van der Waals surface area contributed by atoms with Crippen LogP contribution in [0.3, 0.4) is 0 Å². The molecule has 0 saturated heterocycles. The Morgan fingerprint density at radius 1 is 0.773 bits per heavy atom. The van der Waals surface area contributed by atoms with Crippen LogP contribution in [0.4, 0.5) is 0 Å². The van der Waals surface area contributed by atoms with Crippen LogP contribution in [0, 0.1) is 0 Å². The van der Waals surface area contributed by atoms with E-state index in [1.54, 1.807) is 0 Å². The first-order valence-corrected chi connectivity index (χ1v) is 8.99.